The summed E-state index contributed by atoms with van der Waals surface area (Å²) >= 11 is 0. The normalized spacial score (nSPS) is 12.4. The number of aryl methyl sites for hydroxylation is 2. The standard InChI is InChI=1S/C16H20N2/c1-12-8-9-13(2)15(10-12)11-16(18-17)14-6-4-3-5-7-14/h3-10,16,18H,11,17H2,1-2H3. The van der Waals surface area contributed by atoms with Crippen LogP contribution >= 0.6 is 0 Å². The molecule has 0 aromatic heterocycles. The van der Waals surface area contributed by atoms with Crippen molar-refractivity contribution in [3.8, 4) is 0 Å². The van der Waals surface area contributed by atoms with Crippen molar-refractivity contribution < 1.29 is 0 Å². The molecular weight excluding hydrogens is 220 g/mol. The van der Waals surface area contributed by atoms with Gasteiger partial charge in [-0.25, -0.2) is 0 Å². The van der Waals surface area contributed by atoms with Gasteiger partial charge in [-0.05, 0) is 37.0 Å². The third-order valence-corrected chi connectivity index (χ3v) is 3.33. The summed E-state index contributed by atoms with van der Waals surface area (Å²) in [5.41, 5.74) is 8.09. The minimum Gasteiger partial charge on any atom is -0.271 e. The van der Waals surface area contributed by atoms with Crippen LogP contribution in [0.1, 0.15) is 28.3 Å². The average molecular weight is 240 g/mol. The first-order chi connectivity index (χ1) is 8.70. The zero-order chi connectivity index (χ0) is 13.0. The van der Waals surface area contributed by atoms with Crippen LogP contribution < -0.4 is 11.3 Å². The largest absolute Gasteiger partial charge is 0.271 e. The van der Waals surface area contributed by atoms with Gasteiger partial charge >= 0.3 is 0 Å². The summed E-state index contributed by atoms with van der Waals surface area (Å²) in [4.78, 5) is 0. The molecule has 2 heteroatoms. The number of nitrogens with one attached hydrogen (secondary N) is 1. The van der Waals surface area contributed by atoms with E-state index in [9.17, 15) is 0 Å². The molecule has 1 unspecified atom stereocenters. The first-order valence-corrected chi connectivity index (χ1v) is 6.28. The van der Waals surface area contributed by atoms with E-state index < -0.39 is 0 Å². The smallest absolute Gasteiger partial charge is 0.0500 e. The summed E-state index contributed by atoms with van der Waals surface area (Å²) < 4.78 is 0. The van der Waals surface area contributed by atoms with Gasteiger partial charge in [-0.3, -0.25) is 11.3 Å². The fraction of sp³-hybridized carbons (Fsp3) is 0.250. The Labute approximate surface area is 109 Å². The molecular formula is C16H20N2. The van der Waals surface area contributed by atoms with E-state index >= 15 is 0 Å². The third-order valence-electron chi connectivity index (χ3n) is 3.33. The van der Waals surface area contributed by atoms with Gasteiger partial charge in [0.2, 0.25) is 0 Å². The van der Waals surface area contributed by atoms with Crippen molar-refractivity contribution in [1.29, 1.82) is 0 Å². The summed E-state index contributed by atoms with van der Waals surface area (Å²) in [6.45, 7) is 4.27. The van der Waals surface area contributed by atoms with E-state index in [2.05, 4.69) is 49.6 Å². The molecule has 0 aliphatic heterocycles. The van der Waals surface area contributed by atoms with Crippen LogP contribution in [0.5, 0.6) is 0 Å². The van der Waals surface area contributed by atoms with Gasteiger partial charge in [0.25, 0.3) is 0 Å². The van der Waals surface area contributed by atoms with Gasteiger partial charge < -0.3 is 0 Å². The monoisotopic (exact) mass is 240 g/mol. The lowest BCUT2D eigenvalue weighted by atomic mass is 9.95. The molecule has 2 aromatic rings. The number of benzene rings is 2. The Morgan fingerprint density at radius 1 is 1.06 bits per heavy atom. The lowest BCUT2D eigenvalue weighted by Crippen LogP contribution is -2.29. The molecule has 0 bridgehead atoms. The summed E-state index contributed by atoms with van der Waals surface area (Å²) in [6, 6.07) is 17.0. The van der Waals surface area contributed by atoms with Crippen LogP contribution in [-0.2, 0) is 6.42 Å². The van der Waals surface area contributed by atoms with E-state index in [-0.39, 0.29) is 6.04 Å². The second kappa shape index (κ2) is 5.80. The predicted octanol–water partition coefficient (Wildman–Crippen LogP) is 3.05. The van der Waals surface area contributed by atoms with Crippen LogP contribution in [0.2, 0.25) is 0 Å². The molecule has 0 aliphatic carbocycles. The van der Waals surface area contributed by atoms with Crippen LogP contribution in [0.15, 0.2) is 48.5 Å². The maximum absolute atomic E-state index is 5.69. The molecule has 94 valence electrons. The lowest BCUT2D eigenvalue weighted by molar-refractivity contribution is 0.551. The Hall–Kier alpha value is -1.64. The summed E-state index contributed by atoms with van der Waals surface area (Å²) in [7, 11) is 0. The number of hydrogen-bond donors (Lipinski definition) is 2. The van der Waals surface area contributed by atoms with Crippen molar-refractivity contribution in [2.24, 2.45) is 5.84 Å². The van der Waals surface area contributed by atoms with Crippen molar-refractivity contribution in [2.45, 2.75) is 26.3 Å². The highest BCUT2D eigenvalue weighted by Crippen LogP contribution is 2.20. The van der Waals surface area contributed by atoms with Gasteiger partial charge in [-0.15, -0.1) is 0 Å². The Balaban J connectivity index is 2.23. The number of rotatable bonds is 4. The zero-order valence-electron chi connectivity index (χ0n) is 11.0. The van der Waals surface area contributed by atoms with Crippen molar-refractivity contribution in [2.75, 3.05) is 0 Å². The number of nitrogens with two attached hydrogens (primary N) is 1. The number of hydrazine groups is 1. The van der Waals surface area contributed by atoms with Gasteiger partial charge in [0.15, 0.2) is 0 Å². The first-order valence-electron chi connectivity index (χ1n) is 6.28. The van der Waals surface area contributed by atoms with Gasteiger partial charge in [-0.2, -0.15) is 0 Å². The van der Waals surface area contributed by atoms with E-state index in [1.54, 1.807) is 0 Å². The van der Waals surface area contributed by atoms with Crippen molar-refractivity contribution in [3.05, 3.63) is 70.8 Å². The van der Waals surface area contributed by atoms with Crippen LogP contribution in [-0.4, -0.2) is 0 Å². The first kappa shape index (κ1) is 12.8. The minimum absolute atomic E-state index is 0.159. The Kier molecular flexibility index (Phi) is 4.13. The molecule has 2 nitrogen and oxygen atoms in total. The van der Waals surface area contributed by atoms with Gasteiger partial charge in [0.05, 0.1) is 0 Å². The molecule has 0 amide bonds. The van der Waals surface area contributed by atoms with E-state index in [4.69, 9.17) is 5.84 Å². The van der Waals surface area contributed by atoms with Gasteiger partial charge in [0.1, 0.15) is 0 Å². The second-order valence-electron chi connectivity index (χ2n) is 4.76. The molecule has 0 spiro atoms. The molecule has 18 heavy (non-hydrogen) atoms. The van der Waals surface area contributed by atoms with E-state index in [1.807, 2.05) is 18.2 Å². The average Bonchev–Trinajstić information content (AvgIpc) is 2.41. The van der Waals surface area contributed by atoms with E-state index in [0.29, 0.717) is 0 Å². The van der Waals surface area contributed by atoms with Crippen molar-refractivity contribution >= 4 is 0 Å². The molecule has 1 atom stereocenters. The van der Waals surface area contributed by atoms with Crippen LogP contribution in [0.3, 0.4) is 0 Å². The molecule has 0 aliphatic rings. The van der Waals surface area contributed by atoms with E-state index in [1.165, 1.54) is 22.3 Å². The zero-order valence-corrected chi connectivity index (χ0v) is 11.0. The van der Waals surface area contributed by atoms with E-state index in [0.717, 1.165) is 6.42 Å². The molecule has 0 saturated carbocycles. The highest BCUT2D eigenvalue weighted by Gasteiger charge is 2.11. The van der Waals surface area contributed by atoms with Crippen molar-refractivity contribution in [1.82, 2.24) is 5.43 Å². The quantitative estimate of drug-likeness (QED) is 0.636. The lowest BCUT2D eigenvalue weighted by Gasteiger charge is -2.18. The number of hydrogen-bond acceptors (Lipinski definition) is 2. The SMILES string of the molecule is Cc1ccc(C)c(CC(NN)c2ccccc2)c1. The molecule has 0 fully saturated rings. The molecule has 2 rings (SSSR count). The highest BCUT2D eigenvalue weighted by molar-refractivity contribution is 5.32. The molecule has 2 aromatic carbocycles. The maximum atomic E-state index is 5.69. The third kappa shape index (κ3) is 2.97. The maximum Gasteiger partial charge on any atom is 0.0500 e. The predicted molar refractivity (Wildman–Crippen MR) is 76.1 cm³/mol. The van der Waals surface area contributed by atoms with Crippen LogP contribution in [0.25, 0.3) is 0 Å². The summed E-state index contributed by atoms with van der Waals surface area (Å²) in [5, 5.41) is 0. The fourth-order valence-corrected chi connectivity index (χ4v) is 2.20. The summed E-state index contributed by atoms with van der Waals surface area (Å²) in [5.74, 6) is 5.69. The van der Waals surface area contributed by atoms with Gasteiger partial charge in [0, 0.05) is 6.04 Å². The second-order valence-corrected chi connectivity index (χ2v) is 4.76. The van der Waals surface area contributed by atoms with Gasteiger partial charge in [-0.1, -0.05) is 54.1 Å². The Bertz CT molecular complexity index is 506. The van der Waals surface area contributed by atoms with Crippen LogP contribution in [0, 0.1) is 13.8 Å². The van der Waals surface area contributed by atoms with Crippen LogP contribution in [0.4, 0.5) is 0 Å². The molecule has 0 saturated heterocycles. The highest BCUT2D eigenvalue weighted by atomic mass is 15.2. The summed E-state index contributed by atoms with van der Waals surface area (Å²) in [6.07, 6.45) is 0.911. The molecule has 3 N–H and O–H groups in total. The van der Waals surface area contributed by atoms with Crippen molar-refractivity contribution in [3.63, 3.8) is 0 Å². The molecule has 0 heterocycles. The topological polar surface area (TPSA) is 38.0 Å². The fourth-order valence-electron chi connectivity index (χ4n) is 2.20. The Morgan fingerprint density at radius 3 is 2.44 bits per heavy atom. The minimum atomic E-state index is 0.159. The Morgan fingerprint density at radius 2 is 1.78 bits per heavy atom. The molecule has 0 radical (unpaired) electrons.